The molecule has 1 saturated heterocycles. The number of amides is 1. The highest BCUT2D eigenvalue weighted by molar-refractivity contribution is 6.31. The second-order valence-electron chi connectivity index (χ2n) is 5.33. The number of hydrogen-bond donors (Lipinski definition) is 1. The first-order valence-electron chi connectivity index (χ1n) is 7.37. The minimum atomic E-state index is -0.643. The Hall–Kier alpha value is -2.74. The Kier molecular flexibility index (Phi) is 4.57. The molecule has 0 spiro atoms. The maximum atomic E-state index is 12.4. The number of carbonyl (C=O) groups is 1. The maximum absolute atomic E-state index is 12.4. The van der Waals surface area contributed by atoms with Crippen LogP contribution in [0.5, 0.6) is 0 Å². The lowest BCUT2D eigenvalue weighted by Crippen LogP contribution is -2.20. The molecule has 0 atom stereocenters. The minimum absolute atomic E-state index is 0.117. The van der Waals surface area contributed by atoms with E-state index in [9.17, 15) is 14.9 Å². The fourth-order valence-electron chi connectivity index (χ4n) is 2.57. The van der Waals surface area contributed by atoms with Gasteiger partial charge in [-0.05, 0) is 25.0 Å². The highest BCUT2D eigenvalue weighted by atomic mass is 35.5. The van der Waals surface area contributed by atoms with Gasteiger partial charge in [0.15, 0.2) is 0 Å². The molecule has 1 N–H and O–H groups in total. The van der Waals surface area contributed by atoms with Gasteiger partial charge in [-0.2, -0.15) is 0 Å². The molecule has 3 rings (SSSR count). The van der Waals surface area contributed by atoms with E-state index in [0.29, 0.717) is 0 Å². The second kappa shape index (κ2) is 6.79. The van der Waals surface area contributed by atoms with Crippen molar-refractivity contribution in [3.05, 3.63) is 51.3 Å². The summed E-state index contributed by atoms with van der Waals surface area (Å²) in [5.74, 6) is 0.361. The summed E-state index contributed by atoms with van der Waals surface area (Å²) in [5, 5.41) is 13.9. The van der Waals surface area contributed by atoms with Gasteiger partial charge in [0.05, 0.1) is 4.92 Å². The van der Waals surface area contributed by atoms with E-state index in [1.807, 2.05) is 0 Å². The van der Waals surface area contributed by atoms with Crippen LogP contribution in [0.25, 0.3) is 0 Å². The Balaban J connectivity index is 1.84. The number of nitro groups is 1. The van der Waals surface area contributed by atoms with Crippen LogP contribution in [0.2, 0.25) is 5.02 Å². The van der Waals surface area contributed by atoms with Crippen LogP contribution in [0.3, 0.4) is 0 Å². The van der Waals surface area contributed by atoms with Gasteiger partial charge in [-0.1, -0.05) is 11.6 Å². The van der Waals surface area contributed by atoms with Crippen molar-refractivity contribution in [2.24, 2.45) is 0 Å². The number of nitrogens with zero attached hydrogens (tertiary/aromatic N) is 4. The highest BCUT2D eigenvalue weighted by Gasteiger charge is 2.21. The normalized spacial score (nSPS) is 13.8. The van der Waals surface area contributed by atoms with Crippen molar-refractivity contribution in [3.63, 3.8) is 0 Å². The summed E-state index contributed by atoms with van der Waals surface area (Å²) in [4.78, 5) is 33.1. The summed E-state index contributed by atoms with van der Waals surface area (Å²) >= 11 is 5.84. The Morgan fingerprint density at radius 2 is 2.00 bits per heavy atom. The van der Waals surface area contributed by atoms with Crippen LogP contribution in [0.4, 0.5) is 17.3 Å². The molecule has 2 heterocycles. The van der Waals surface area contributed by atoms with E-state index < -0.39 is 10.8 Å². The van der Waals surface area contributed by atoms with E-state index in [2.05, 4.69) is 20.2 Å². The molecule has 2 aromatic rings. The Bertz CT molecular complexity index is 792. The number of anilines is 2. The molecule has 9 heteroatoms. The summed E-state index contributed by atoms with van der Waals surface area (Å²) < 4.78 is 0. The molecule has 1 aromatic carbocycles. The average molecular weight is 348 g/mol. The summed E-state index contributed by atoms with van der Waals surface area (Å²) in [6, 6.07) is 5.48. The zero-order valence-electron chi connectivity index (χ0n) is 12.6. The van der Waals surface area contributed by atoms with Crippen LogP contribution < -0.4 is 10.2 Å². The third kappa shape index (κ3) is 3.43. The van der Waals surface area contributed by atoms with E-state index in [0.717, 1.165) is 31.7 Å². The summed E-state index contributed by atoms with van der Waals surface area (Å²) in [7, 11) is 0. The lowest BCUT2D eigenvalue weighted by Gasteiger charge is -2.16. The Morgan fingerprint density at radius 3 is 2.71 bits per heavy atom. The number of halogens is 1. The van der Waals surface area contributed by atoms with Gasteiger partial charge >= 0.3 is 0 Å². The molecule has 1 aliphatic rings. The first-order valence-corrected chi connectivity index (χ1v) is 7.74. The third-order valence-electron chi connectivity index (χ3n) is 3.72. The third-order valence-corrected chi connectivity index (χ3v) is 3.96. The molecule has 0 aliphatic carbocycles. The minimum Gasteiger partial charge on any atom is -0.356 e. The van der Waals surface area contributed by atoms with E-state index in [1.54, 1.807) is 6.07 Å². The van der Waals surface area contributed by atoms with Crippen LogP contribution in [0.1, 0.15) is 23.2 Å². The number of hydrogen-bond acceptors (Lipinski definition) is 6. The number of benzene rings is 1. The lowest BCUT2D eigenvalue weighted by atomic mass is 10.1. The van der Waals surface area contributed by atoms with Gasteiger partial charge in [-0.25, -0.2) is 9.97 Å². The number of nitrogens with one attached hydrogen (secondary N) is 1. The standard InChI is InChI=1S/C15H14ClN5O3/c16-10-3-4-12(21(23)24)11(7-10)15(22)19-13-8-14(18-9-17-13)20-5-1-2-6-20/h3-4,7-9H,1-2,5-6H2,(H,17,18,19,22). The Labute approximate surface area is 142 Å². The fraction of sp³-hybridized carbons (Fsp3) is 0.267. The van der Waals surface area contributed by atoms with E-state index >= 15 is 0 Å². The van der Waals surface area contributed by atoms with Crippen molar-refractivity contribution in [1.82, 2.24) is 9.97 Å². The van der Waals surface area contributed by atoms with Crippen molar-refractivity contribution in [1.29, 1.82) is 0 Å². The molecule has 0 radical (unpaired) electrons. The Morgan fingerprint density at radius 1 is 1.25 bits per heavy atom. The molecule has 124 valence electrons. The van der Waals surface area contributed by atoms with Crippen LogP contribution in [-0.4, -0.2) is 33.9 Å². The molecule has 0 unspecified atom stereocenters. The largest absolute Gasteiger partial charge is 0.356 e. The maximum Gasteiger partial charge on any atom is 0.282 e. The van der Waals surface area contributed by atoms with Crippen molar-refractivity contribution >= 4 is 34.8 Å². The van der Waals surface area contributed by atoms with Gasteiger partial charge < -0.3 is 10.2 Å². The monoisotopic (exact) mass is 347 g/mol. The molecule has 0 bridgehead atoms. The van der Waals surface area contributed by atoms with Gasteiger partial charge in [0.25, 0.3) is 11.6 Å². The number of carbonyl (C=O) groups excluding carboxylic acids is 1. The number of aromatic nitrogens is 2. The van der Waals surface area contributed by atoms with Crippen LogP contribution in [-0.2, 0) is 0 Å². The van der Waals surface area contributed by atoms with Crippen LogP contribution in [0, 0.1) is 10.1 Å². The van der Waals surface area contributed by atoms with Gasteiger partial charge in [0, 0.05) is 30.2 Å². The van der Waals surface area contributed by atoms with Gasteiger partial charge in [-0.15, -0.1) is 0 Å². The summed E-state index contributed by atoms with van der Waals surface area (Å²) in [6.45, 7) is 1.81. The zero-order valence-corrected chi connectivity index (χ0v) is 13.4. The molecular formula is C15H14ClN5O3. The molecule has 1 fully saturated rings. The zero-order chi connectivity index (χ0) is 17.1. The van der Waals surface area contributed by atoms with Crippen LogP contribution >= 0.6 is 11.6 Å². The first kappa shape index (κ1) is 16.1. The quantitative estimate of drug-likeness (QED) is 0.674. The SMILES string of the molecule is O=C(Nc1cc(N2CCCC2)ncn1)c1cc(Cl)ccc1[N+](=O)[O-]. The molecule has 1 amide bonds. The predicted octanol–water partition coefficient (Wildman–Crippen LogP) is 2.89. The van der Waals surface area contributed by atoms with Gasteiger partial charge in [0.2, 0.25) is 0 Å². The highest BCUT2D eigenvalue weighted by Crippen LogP contribution is 2.24. The van der Waals surface area contributed by atoms with Crippen molar-refractivity contribution in [2.45, 2.75) is 12.8 Å². The van der Waals surface area contributed by atoms with Crippen molar-refractivity contribution < 1.29 is 9.72 Å². The number of nitro benzene ring substituents is 1. The van der Waals surface area contributed by atoms with Crippen LogP contribution in [0.15, 0.2) is 30.6 Å². The second-order valence-corrected chi connectivity index (χ2v) is 5.76. The smallest absolute Gasteiger partial charge is 0.282 e. The molecule has 8 nitrogen and oxygen atoms in total. The predicted molar refractivity (Wildman–Crippen MR) is 89.5 cm³/mol. The molecule has 1 aromatic heterocycles. The number of rotatable bonds is 4. The molecular weight excluding hydrogens is 334 g/mol. The topological polar surface area (TPSA) is 101 Å². The fourth-order valence-corrected chi connectivity index (χ4v) is 2.74. The van der Waals surface area contributed by atoms with Crippen molar-refractivity contribution in [2.75, 3.05) is 23.3 Å². The molecule has 1 aliphatic heterocycles. The van der Waals surface area contributed by atoms with E-state index in [1.165, 1.54) is 24.5 Å². The van der Waals surface area contributed by atoms with Gasteiger partial charge in [0.1, 0.15) is 23.5 Å². The summed E-state index contributed by atoms with van der Waals surface area (Å²) in [6.07, 6.45) is 3.55. The lowest BCUT2D eigenvalue weighted by molar-refractivity contribution is -0.385. The van der Waals surface area contributed by atoms with Gasteiger partial charge in [-0.3, -0.25) is 14.9 Å². The van der Waals surface area contributed by atoms with E-state index in [4.69, 9.17) is 11.6 Å². The van der Waals surface area contributed by atoms with Crippen molar-refractivity contribution in [3.8, 4) is 0 Å². The molecule has 0 saturated carbocycles. The average Bonchev–Trinajstić information content (AvgIpc) is 3.09. The van der Waals surface area contributed by atoms with E-state index in [-0.39, 0.29) is 22.1 Å². The first-order chi connectivity index (χ1) is 11.5. The molecule has 24 heavy (non-hydrogen) atoms. The summed E-state index contributed by atoms with van der Waals surface area (Å²) in [5.41, 5.74) is -0.431.